The Morgan fingerprint density at radius 2 is 0.946 bits per heavy atom. The van der Waals surface area contributed by atoms with Crippen LogP contribution in [0.3, 0.4) is 0 Å². The summed E-state index contributed by atoms with van der Waals surface area (Å²) in [6.07, 6.45) is 4.56. The molecule has 1 fully saturated rings. The highest BCUT2D eigenvalue weighted by Crippen LogP contribution is 2.63. The van der Waals surface area contributed by atoms with Gasteiger partial charge < -0.3 is 23.7 Å². The molecule has 2 unspecified atom stereocenters. The van der Waals surface area contributed by atoms with Crippen molar-refractivity contribution in [3.05, 3.63) is 227 Å². The molecule has 0 amide bonds. The molecule has 1 aliphatic carbocycles. The van der Waals surface area contributed by atoms with Gasteiger partial charge in [-0.1, -0.05) is 245 Å². The van der Waals surface area contributed by atoms with Crippen molar-refractivity contribution in [2.75, 3.05) is 14.7 Å². The Hall–Kier alpha value is -8.48. The Labute approximate surface area is 554 Å². The molecule has 0 radical (unpaired) electrons. The first kappa shape index (κ1) is 60.7. The first-order valence-corrected chi connectivity index (χ1v) is 34.4. The molecule has 9 aromatic carbocycles. The number of fused-ring (bicyclic) bond motifs is 11. The van der Waals surface area contributed by atoms with Crippen LogP contribution in [-0.4, -0.2) is 16.8 Å². The van der Waals surface area contributed by atoms with Crippen LogP contribution in [0.4, 0.5) is 45.5 Å². The summed E-state index contributed by atoms with van der Waals surface area (Å²) in [5, 5.41) is 2.31. The zero-order valence-electron chi connectivity index (χ0n) is 58.5. The fraction of sp³-hybridized carbons (Fsp3) is 0.333. The van der Waals surface area contributed by atoms with Gasteiger partial charge in [0.2, 0.25) is 0 Å². The van der Waals surface area contributed by atoms with Crippen molar-refractivity contribution in [2.45, 2.75) is 188 Å². The van der Waals surface area contributed by atoms with Gasteiger partial charge in [-0.25, -0.2) is 0 Å². The third kappa shape index (κ3) is 9.36. The van der Waals surface area contributed by atoms with Crippen molar-refractivity contribution in [3.8, 4) is 27.9 Å². The summed E-state index contributed by atoms with van der Waals surface area (Å²) in [4.78, 5) is 8.27. The van der Waals surface area contributed by atoms with Crippen LogP contribution in [0.5, 0.6) is 0 Å². The molecule has 4 aliphatic rings. The van der Waals surface area contributed by atoms with E-state index in [2.05, 4.69) is 332 Å². The molecule has 2 atom stereocenters. The third-order valence-electron chi connectivity index (χ3n) is 22.2. The summed E-state index contributed by atoms with van der Waals surface area (Å²) in [6.45, 7) is 42.4. The monoisotopic (exact) mass is 1220 g/mol. The molecule has 5 nitrogen and oxygen atoms in total. The van der Waals surface area contributed by atoms with Crippen LogP contribution >= 0.6 is 0 Å². The van der Waals surface area contributed by atoms with Crippen LogP contribution in [0.1, 0.15) is 182 Å². The fourth-order valence-electron chi connectivity index (χ4n) is 16.6. The van der Waals surface area contributed by atoms with Crippen molar-refractivity contribution in [2.24, 2.45) is 0 Å². The van der Waals surface area contributed by atoms with E-state index >= 15 is 0 Å². The summed E-state index contributed by atoms with van der Waals surface area (Å²) in [6, 6.07) is 73.4. The number of para-hydroxylation sites is 1. The number of benzene rings is 9. The topological polar surface area (TPSA) is 27.8 Å². The molecule has 6 heteroatoms. The van der Waals surface area contributed by atoms with E-state index in [1.807, 2.05) is 0 Å². The number of aryl methyl sites for hydroxylation is 1. The van der Waals surface area contributed by atoms with Gasteiger partial charge in [0.05, 0.1) is 28.1 Å². The Morgan fingerprint density at radius 3 is 1.55 bits per heavy atom. The highest BCUT2D eigenvalue weighted by atomic mass is 16.3. The van der Waals surface area contributed by atoms with Crippen LogP contribution in [0, 0.1) is 6.92 Å². The van der Waals surface area contributed by atoms with Crippen molar-refractivity contribution in [1.29, 1.82) is 0 Å². The molecule has 15 rings (SSSR count). The van der Waals surface area contributed by atoms with Crippen molar-refractivity contribution in [1.82, 2.24) is 4.57 Å². The normalized spacial score (nSPS) is 18.0. The minimum atomic E-state index is -0.379. The van der Waals surface area contributed by atoms with E-state index in [9.17, 15) is 0 Å². The number of hydrogen-bond acceptors (Lipinski definition) is 4. The zero-order valence-corrected chi connectivity index (χ0v) is 58.5. The van der Waals surface area contributed by atoms with E-state index in [4.69, 9.17) is 4.42 Å². The van der Waals surface area contributed by atoms with E-state index in [0.29, 0.717) is 0 Å². The van der Waals surface area contributed by atoms with Gasteiger partial charge in [0.1, 0.15) is 11.2 Å². The number of nitrogens with zero attached hydrogens (tertiary/aromatic N) is 4. The first-order chi connectivity index (χ1) is 44.0. The molecule has 11 aromatic rings. The summed E-state index contributed by atoms with van der Waals surface area (Å²) in [5.41, 5.74) is 28.9. The second-order valence-corrected chi connectivity index (χ2v) is 33.4. The van der Waals surface area contributed by atoms with Crippen molar-refractivity contribution in [3.63, 3.8) is 0 Å². The van der Waals surface area contributed by atoms with Crippen LogP contribution in [-0.2, 0) is 32.5 Å². The molecular weight excluding hydrogens is 1130 g/mol. The lowest BCUT2D eigenvalue weighted by Gasteiger charge is -2.51. The van der Waals surface area contributed by atoms with E-state index in [0.717, 1.165) is 63.6 Å². The van der Waals surface area contributed by atoms with Crippen LogP contribution in [0.25, 0.3) is 49.8 Å². The molecule has 0 N–H and O–H groups in total. The van der Waals surface area contributed by atoms with Gasteiger partial charge in [-0.05, 0) is 176 Å². The molecule has 3 aliphatic heterocycles. The summed E-state index contributed by atoms with van der Waals surface area (Å²) < 4.78 is 10.7. The smallest absolute Gasteiger partial charge is 0.318 e. The van der Waals surface area contributed by atoms with Gasteiger partial charge >= 0.3 is 6.71 Å². The number of hydrogen-bond donors (Lipinski definition) is 0. The molecule has 470 valence electrons. The van der Waals surface area contributed by atoms with Gasteiger partial charge in [0.25, 0.3) is 0 Å². The average Bonchev–Trinajstić information content (AvgIpc) is 1.58. The minimum Gasteiger partial charge on any atom is -0.468 e. The van der Waals surface area contributed by atoms with E-state index in [1.54, 1.807) is 0 Å². The van der Waals surface area contributed by atoms with E-state index in [1.165, 1.54) is 113 Å². The summed E-state index contributed by atoms with van der Waals surface area (Å²) >= 11 is 0. The van der Waals surface area contributed by atoms with Crippen LogP contribution in [0.2, 0.25) is 0 Å². The Balaban J connectivity index is 1.19. The lowest BCUT2D eigenvalue weighted by Crippen LogP contribution is -2.62. The number of rotatable bonds is 6. The minimum absolute atomic E-state index is 0.0192. The molecule has 93 heavy (non-hydrogen) atoms. The van der Waals surface area contributed by atoms with E-state index in [-0.39, 0.29) is 44.7 Å². The number of aromatic nitrogens is 1. The Morgan fingerprint density at radius 1 is 0.419 bits per heavy atom. The predicted octanol–water partition coefficient (Wildman–Crippen LogP) is 22.3. The van der Waals surface area contributed by atoms with Gasteiger partial charge in [0.15, 0.2) is 0 Å². The highest BCUT2D eigenvalue weighted by molar-refractivity contribution is 7.00. The standard InChI is InChI=1S/C87H93BN4O/c1-54-29-25-26-34-69(54)90-71-51-60(84(11,12)13)37-42-64(71)77-79(90)88-75-72(89(77)62-40-35-57(36-41-62)81(2,3)4)52-63(92-70-43-38-59(83(8,9)10)50-68(70)86(17)45-27-28-46-87(86,92)18)53-73(75)91(78-67-47-58(82(5,6)7)39-44-74(67)93-80(78)88)76-65(55-30-21-19-22-31-55)48-61(85(14,15)16)49-66(76)56-32-23-20-24-33-56/h19-26,29-44,47-53H,27-28,45-46H2,1-18H3. The molecule has 0 spiro atoms. The largest absolute Gasteiger partial charge is 0.468 e. The number of furan rings is 1. The van der Waals surface area contributed by atoms with Crippen molar-refractivity contribution < 1.29 is 4.42 Å². The maximum atomic E-state index is 8.01. The fourth-order valence-corrected chi connectivity index (χ4v) is 16.6. The van der Waals surface area contributed by atoms with Gasteiger partial charge in [-0.3, -0.25) is 0 Å². The van der Waals surface area contributed by atoms with Crippen LogP contribution < -0.4 is 31.4 Å². The summed E-state index contributed by atoms with van der Waals surface area (Å²) in [7, 11) is 0. The van der Waals surface area contributed by atoms with Crippen molar-refractivity contribution >= 4 is 90.8 Å². The van der Waals surface area contributed by atoms with Crippen LogP contribution in [0.15, 0.2) is 192 Å². The molecule has 0 saturated heterocycles. The second kappa shape index (κ2) is 20.8. The Kier molecular flexibility index (Phi) is 13.6. The lowest BCUT2D eigenvalue weighted by atomic mass is 9.37. The number of anilines is 8. The molecule has 1 saturated carbocycles. The first-order valence-electron chi connectivity index (χ1n) is 34.4. The maximum absolute atomic E-state index is 8.01. The molecule has 2 aromatic heterocycles. The highest BCUT2D eigenvalue weighted by Gasteiger charge is 2.59. The molecular formula is C87H93BN4O. The summed E-state index contributed by atoms with van der Waals surface area (Å²) in [5.74, 6) is 0. The predicted molar refractivity (Wildman–Crippen MR) is 399 cm³/mol. The third-order valence-corrected chi connectivity index (χ3v) is 22.2. The average molecular weight is 1220 g/mol. The van der Waals surface area contributed by atoms with Gasteiger partial charge in [0, 0.05) is 67.0 Å². The van der Waals surface area contributed by atoms with E-state index < -0.39 is 0 Å². The lowest BCUT2D eigenvalue weighted by molar-refractivity contribution is 0.195. The SMILES string of the molecule is Cc1ccccc1-n1c2c(c3ccc(C(C)(C)C)cc31)N(c1ccc(C(C)(C)C)cc1)c1cc(N3c4ccc(C(C)(C)C)cc4C4(C)CCCCC34C)cc3c1B2c1oc2ccc(C(C)(C)C)cc2c1N3c1c(-c2ccccc2)cc(C(C)(C)C)cc1-c1ccccc1. The second-order valence-electron chi connectivity index (χ2n) is 33.4. The molecule has 0 bridgehead atoms. The van der Waals surface area contributed by atoms with Gasteiger partial charge in [-0.2, -0.15) is 0 Å². The van der Waals surface area contributed by atoms with Gasteiger partial charge in [-0.15, -0.1) is 0 Å². The quantitative estimate of drug-likeness (QED) is 0.155. The Bertz CT molecular complexity index is 4760. The molecule has 5 heterocycles. The zero-order chi connectivity index (χ0) is 65.4. The maximum Gasteiger partial charge on any atom is 0.318 e.